The Labute approximate surface area is 106 Å². The zero-order valence-electron chi connectivity index (χ0n) is 9.94. The second kappa shape index (κ2) is 5.29. The predicted octanol–water partition coefficient (Wildman–Crippen LogP) is 0.795. The van der Waals surface area contributed by atoms with Gasteiger partial charge in [-0.1, -0.05) is 0 Å². The monoisotopic (exact) mass is 279 g/mol. The van der Waals surface area contributed by atoms with E-state index in [4.69, 9.17) is 5.11 Å². The molecule has 0 aliphatic heterocycles. The fraction of sp³-hybridized carbons (Fsp3) is 0.500. The molecule has 9 heteroatoms. The second-order valence-corrected chi connectivity index (χ2v) is 4.03. The molecule has 0 spiro atoms. The number of hydrogen-bond acceptors (Lipinski definition) is 3. The fourth-order valence-corrected chi connectivity index (χ4v) is 1.24. The highest BCUT2D eigenvalue weighted by Gasteiger charge is 2.58. The quantitative estimate of drug-likeness (QED) is 0.834. The molecule has 106 valence electrons. The number of halogens is 3. The summed E-state index contributed by atoms with van der Waals surface area (Å²) in [5.41, 5.74) is -3.29. The van der Waals surface area contributed by atoms with Crippen LogP contribution in [0.2, 0.25) is 0 Å². The predicted molar refractivity (Wildman–Crippen MR) is 57.1 cm³/mol. The highest BCUT2D eigenvalue weighted by Crippen LogP contribution is 2.30. The Morgan fingerprint density at radius 1 is 1.42 bits per heavy atom. The number of nitrogens with zero attached hydrogens (tertiary/aromatic N) is 2. The number of alkyl halides is 3. The number of aromatic nitrogens is 2. The highest BCUT2D eigenvalue weighted by atomic mass is 19.4. The standard InChI is InChI=1S/C10H12F3N3O3/c1-9(8(18)19,10(11,12)13)15-7(17)2-4-16-5-3-14-6-16/h3,5-6H,2,4H2,1H3,(H,15,17)(H,18,19). The van der Waals surface area contributed by atoms with Crippen LogP contribution in [0.15, 0.2) is 18.7 Å². The van der Waals surface area contributed by atoms with Gasteiger partial charge in [-0.3, -0.25) is 4.79 Å². The van der Waals surface area contributed by atoms with E-state index in [0.29, 0.717) is 6.92 Å². The first-order valence-electron chi connectivity index (χ1n) is 5.23. The molecule has 0 aliphatic carbocycles. The molecule has 1 unspecified atom stereocenters. The number of rotatable bonds is 5. The molecular formula is C10H12F3N3O3. The van der Waals surface area contributed by atoms with Crippen LogP contribution in [-0.2, 0) is 16.1 Å². The van der Waals surface area contributed by atoms with Crippen LogP contribution in [0.1, 0.15) is 13.3 Å². The summed E-state index contributed by atoms with van der Waals surface area (Å²) in [6, 6.07) is 0. The number of imidazole rings is 1. The third kappa shape index (κ3) is 3.46. The first-order valence-corrected chi connectivity index (χ1v) is 5.23. The van der Waals surface area contributed by atoms with Crippen molar-refractivity contribution < 1.29 is 27.9 Å². The van der Waals surface area contributed by atoms with Crippen LogP contribution in [0.3, 0.4) is 0 Å². The van der Waals surface area contributed by atoms with Gasteiger partial charge in [0.2, 0.25) is 11.4 Å². The Morgan fingerprint density at radius 3 is 2.47 bits per heavy atom. The van der Waals surface area contributed by atoms with Crippen molar-refractivity contribution in [1.29, 1.82) is 0 Å². The first-order chi connectivity index (χ1) is 8.67. The van der Waals surface area contributed by atoms with Gasteiger partial charge in [-0.05, 0) is 6.92 Å². The van der Waals surface area contributed by atoms with E-state index in [1.165, 1.54) is 28.6 Å². The molecule has 0 saturated carbocycles. The maximum Gasteiger partial charge on any atom is 0.422 e. The smallest absolute Gasteiger partial charge is 0.422 e. The molecule has 1 rings (SSSR count). The first kappa shape index (κ1) is 15.0. The summed E-state index contributed by atoms with van der Waals surface area (Å²) in [6.45, 7) is 0.518. The molecule has 1 atom stereocenters. The lowest BCUT2D eigenvalue weighted by molar-refractivity contribution is -0.207. The molecular weight excluding hydrogens is 267 g/mol. The number of carbonyl (C=O) groups is 2. The van der Waals surface area contributed by atoms with Gasteiger partial charge in [-0.25, -0.2) is 9.78 Å². The number of nitrogens with one attached hydrogen (secondary N) is 1. The summed E-state index contributed by atoms with van der Waals surface area (Å²) in [5, 5.41) is 10.1. The average Bonchev–Trinajstić information content (AvgIpc) is 2.77. The topological polar surface area (TPSA) is 84.2 Å². The number of aryl methyl sites for hydroxylation is 1. The number of hydrogen-bond donors (Lipinski definition) is 2. The van der Waals surface area contributed by atoms with Crippen LogP contribution in [0.25, 0.3) is 0 Å². The summed E-state index contributed by atoms with van der Waals surface area (Å²) >= 11 is 0. The molecule has 1 heterocycles. The molecule has 1 aromatic rings. The maximum atomic E-state index is 12.6. The Kier molecular flexibility index (Phi) is 4.17. The van der Waals surface area contributed by atoms with Crippen molar-refractivity contribution in [2.45, 2.75) is 31.6 Å². The minimum Gasteiger partial charge on any atom is -0.479 e. The van der Waals surface area contributed by atoms with Crippen LogP contribution >= 0.6 is 0 Å². The van der Waals surface area contributed by atoms with E-state index in [1.807, 2.05) is 0 Å². The van der Waals surface area contributed by atoms with E-state index in [2.05, 4.69) is 4.98 Å². The summed E-state index contributed by atoms with van der Waals surface area (Å²) < 4.78 is 39.3. The molecule has 6 nitrogen and oxygen atoms in total. The SMILES string of the molecule is CC(NC(=O)CCn1ccnc1)(C(=O)O)C(F)(F)F. The number of carbonyl (C=O) groups excluding carboxylic acids is 1. The van der Waals surface area contributed by atoms with E-state index >= 15 is 0 Å². The van der Waals surface area contributed by atoms with Crippen molar-refractivity contribution >= 4 is 11.9 Å². The van der Waals surface area contributed by atoms with Crippen LogP contribution in [0.5, 0.6) is 0 Å². The van der Waals surface area contributed by atoms with Crippen LogP contribution in [0.4, 0.5) is 13.2 Å². The lowest BCUT2D eigenvalue weighted by Gasteiger charge is -2.28. The van der Waals surface area contributed by atoms with Crippen molar-refractivity contribution in [3.63, 3.8) is 0 Å². The van der Waals surface area contributed by atoms with Gasteiger partial charge in [0, 0.05) is 25.4 Å². The van der Waals surface area contributed by atoms with E-state index in [1.54, 1.807) is 0 Å². The molecule has 0 aliphatic rings. The van der Waals surface area contributed by atoms with Gasteiger partial charge in [0.1, 0.15) is 0 Å². The summed E-state index contributed by atoms with van der Waals surface area (Å²) in [4.78, 5) is 25.8. The zero-order valence-corrected chi connectivity index (χ0v) is 9.94. The van der Waals surface area contributed by atoms with Crippen molar-refractivity contribution in [3.05, 3.63) is 18.7 Å². The number of carboxylic acid groups (broad SMARTS) is 1. The molecule has 1 amide bonds. The van der Waals surface area contributed by atoms with Gasteiger partial charge < -0.3 is 15.0 Å². The van der Waals surface area contributed by atoms with E-state index in [0.717, 1.165) is 0 Å². The average molecular weight is 279 g/mol. The normalized spacial score (nSPS) is 14.7. The fourth-order valence-electron chi connectivity index (χ4n) is 1.24. The second-order valence-electron chi connectivity index (χ2n) is 4.03. The molecule has 0 bridgehead atoms. The number of carboxylic acids is 1. The van der Waals surface area contributed by atoms with Gasteiger partial charge in [-0.2, -0.15) is 13.2 Å². The lowest BCUT2D eigenvalue weighted by Crippen LogP contribution is -2.61. The Morgan fingerprint density at radius 2 is 2.05 bits per heavy atom. The lowest BCUT2D eigenvalue weighted by atomic mass is 10.0. The third-order valence-electron chi connectivity index (χ3n) is 2.54. The highest BCUT2D eigenvalue weighted by molar-refractivity contribution is 5.87. The van der Waals surface area contributed by atoms with Crippen molar-refractivity contribution in [2.24, 2.45) is 0 Å². The molecule has 19 heavy (non-hydrogen) atoms. The summed E-state index contributed by atoms with van der Waals surface area (Å²) in [7, 11) is 0. The molecule has 2 N–H and O–H groups in total. The molecule has 0 fully saturated rings. The number of amides is 1. The molecule has 0 radical (unpaired) electrons. The van der Waals surface area contributed by atoms with Gasteiger partial charge in [0.25, 0.3) is 0 Å². The molecule has 1 aromatic heterocycles. The number of aliphatic carboxylic acids is 1. The molecule has 0 saturated heterocycles. The zero-order chi connectivity index (χ0) is 14.7. The Balaban J connectivity index is 2.65. The van der Waals surface area contributed by atoms with Crippen LogP contribution in [0, 0.1) is 0 Å². The van der Waals surface area contributed by atoms with Crippen molar-refractivity contribution in [2.75, 3.05) is 0 Å². The van der Waals surface area contributed by atoms with Crippen LogP contribution in [-0.4, -0.2) is 38.2 Å². The van der Waals surface area contributed by atoms with E-state index in [9.17, 15) is 22.8 Å². The Hall–Kier alpha value is -2.06. The third-order valence-corrected chi connectivity index (χ3v) is 2.54. The minimum absolute atomic E-state index is 0.111. The summed E-state index contributed by atoms with van der Waals surface area (Å²) in [5.74, 6) is -3.16. The van der Waals surface area contributed by atoms with Gasteiger partial charge in [0.05, 0.1) is 6.33 Å². The largest absolute Gasteiger partial charge is 0.479 e. The van der Waals surface area contributed by atoms with E-state index in [-0.39, 0.29) is 13.0 Å². The van der Waals surface area contributed by atoms with Crippen molar-refractivity contribution in [1.82, 2.24) is 14.9 Å². The molecule has 0 aromatic carbocycles. The van der Waals surface area contributed by atoms with Crippen LogP contribution < -0.4 is 5.32 Å². The van der Waals surface area contributed by atoms with Gasteiger partial charge >= 0.3 is 12.1 Å². The Bertz CT molecular complexity index is 458. The van der Waals surface area contributed by atoms with Crippen molar-refractivity contribution in [3.8, 4) is 0 Å². The van der Waals surface area contributed by atoms with Gasteiger partial charge in [-0.15, -0.1) is 0 Å². The minimum atomic E-state index is -5.08. The summed E-state index contributed by atoms with van der Waals surface area (Å²) in [6.07, 6.45) is -0.978. The maximum absolute atomic E-state index is 12.6. The van der Waals surface area contributed by atoms with E-state index < -0.39 is 23.6 Å². The van der Waals surface area contributed by atoms with Gasteiger partial charge in [0.15, 0.2) is 0 Å².